The summed E-state index contributed by atoms with van der Waals surface area (Å²) in [6.07, 6.45) is 7.61. The standard InChI is InChI=1S/C18H16N8O/c1-27-16(11-6-7-11)14-8-20-23-26(14)18-22-21-17-12-4-2-3-5-13(12)24-10-19-9-15(24)25(17)18/h2-5,8-11,16H,6-7H2,1H3. The van der Waals surface area contributed by atoms with Crippen LogP contribution in [0.25, 0.3) is 28.1 Å². The van der Waals surface area contributed by atoms with Gasteiger partial charge in [0.25, 0.3) is 5.95 Å². The Kier molecular flexibility index (Phi) is 2.92. The quantitative estimate of drug-likeness (QED) is 0.488. The van der Waals surface area contributed by atoms with Gasteiger partial charge in [-0.15, -0.1) is 15.3 Å². The topological polar surface area (TPSA) is 87.4 Å². The van der Waals surface area contributed by atoms with Crippen LogP contribution in [-0.2, 0) is 4.74 Å². The van der Waals surface area contributed by atoms with Crippen molar-refractivity contribution < 1.29 is 4.74 Å². The molecule has 1 unspecified atom stereocenters. The lowest BCUT2D eigenvalue weighted by Gasteiger charge is -2.15. The van der Waals surface area contributed by atoms with Crippen molar-refractivity contribution in [2.45, 2.75) is 18.9 Å². The maximum Gasteiger partial charge on any atom is 0.259 e. The average molecular weight is 360 g/mol. The summed E-state index contributed by atoms with van der Waals surface area (Å²) in [7, 11) is 1.73. The Hall–Kier alpha value is -3.33. The van der Waals surface area contributed by atoms with E-state index in [1.807, 2.05) is 33.1 Å². The molecule has 0 amide bonds. The van der Waals surface area contributed by atoms with Gasteiger partial charge in [0.05, 0.1) is 23.6 Å². The average Bonchev–Trinajstić information content (AvgIpc) is 3.11. The highest BCUT2D eigenvalue weighted by molar-refractivity contribution is 5.94. The van der Waals surface area contributed by atoms with Crippen molar-refractivity contribution in [1.29, 1.82) is 0 Å². The third-order valence-electron chi connectivity index (χ3n) is 5.26. The van der Waals surface area contributed by atoms with Crippen LogP contribution in [0, 0.1) is 5.92 Å². The van der Waals surface area contributed by atoms with Crippen molar-refractivity contribution in [3.63, 3.8) is 0 Å². The first-order chi connectivity index (χ1) is 13.4. The molecule has 0 saturated heterocycles. The highest BCUT2D eigenvalue weighted by atomic mass is 16.5. The Morgan fingerprint density at radius 2 is 2.04 bits per heavy atom. The van der Waals surface area contributed by atoms with E-state index in [0.29, 0.717) is 11.9 Å². The van der Waals surface area contributed by atoms with Gasteiger partial charge in [-0.1, -0.05) is 17.3 Å². The van der Waals surface area contributed by atoms with Crippen molar-refractivity contribution in [1.82, 2.24) is 39.0 Å². The molecule has 0 spiro atoms. The third-order valence-corrected chi connectivity index (χ3v) is 5.26. The van der Waals surface area contributed by atoms with E-state index in [4.69, 9.17) is 4.74 Å². The molecule has 9 nitrogen and oxygen atoms in total. The zero-order valence-corrected chi connectivity index (χ0v) is 14.6. The van der Waals surface area contributed by atoms with Gasteiger partial charge in [0.1, 0.15) is 18.1 Å². The molecule has 0 aliphatic heterocycles. The summed E-state index contributed by atoms with van der Waals surface area (Å²) < 4.78 is 11.5. The number of ether oxygens (including phenoxy) is 1. The van der Waals surface area contributed by atoms with E-state index in [0.717, 1.165) is 40.7 Å². The molecule has 0 bridgehead atoms. The number of imidazole rings is 1. The maximum atomic E-state index is 5.74. The number of benzene rings is 1. The number of methoxy groups -OCH3 is 1. The van der Waals surface area contributed by atoms with Gasteiger partial charge in [-0.2, -0.15) is 4.68 Å². The van der Waals surface area contributed by atoms with Gasteiger partial charge in [-0.3, -0.25) is 4.40 Å². The SMILES string of the molecule is COC(c1cnnn1-c1nnc2c3ccccc3n3cncc3n12)C1CC1. The molecule has 1 aromatic carbocycles. The minimum atomic E-state index is -0.0475. The first-order valence-corrected chi connectivity index (χ1v) is 8.88. The zero-order chi connectivity index (χ0) is 18.0. The van der Waals surface area contributed by atoms with Crippen molar-refractivity contribution in [2.24, 2.45) is 5.92 Å². The van der Waals surface area contributed by atoms with Gasteiger partial charge in [-0.25, -0.2) is 9.38 Å². The molecule has 5 aromatic rings. The molecular formula is C18H16N8O. The number of hydrogen-bond acceptors (Lipinski definition) is 6. The lowest BCUT2D eigenvalue weighted by Crippen LogP contribution is -2.14. The second-order valence-corrected chi connectivity index (χ2v) is 6.86. The highest BCUT2D eigenvalue weighted by Crippen LogP contribution is 2.43. The summed E-state index contributed by atoms with van der Waals surface area (Å²) in [5.41, 5.74) is 3.55. The summed E-state index contributed by atoms with van der Waals surface area (Å²) in [6, 6.07) is 8.08. The van der Waals surface area contributed by atoms with Crippen LogP contribution in [-0.4, -0.2) is 46.1 Å². The number of para-hydroxylation sites is 1. The van der Waals surface area contributed by atoms with E-state index in [1.54, 1.807) is 30.5 Å². The first-order valence-electron chi connectivity index (χ1n) is 8.88. The van der Waals surface area contributed by atoms with Crippen LogP contribution in [0.4, 0.5) is 0 Å². The molecule has 6 rings (SSSR count). The molecule has 4 aromatic heterocycles. The molecule has 9 heteroatoms. The number of rotatable bonds is 4. The maximum absolute atomic E-state index is 5.74. The second kappa shape index (κ2) is 5.34. The molecule has 1 saturated carbocycles. The van der Waals surface area contributed by atoms with Crippen molar-refractivity contribution in [2.75, 3.05) is 7.11 Å². The van der Waals surface area contributed by atoms with E-state index < -0.39 is 0 Å². The lowest BCUT2D eigenvalue weighted by atomic mass is 10.2. The van der Waals surface area contributed by atoms with E-state index in [-0.39, 0.29) is 6.10 Å². The van der Waals surface area contributed by atoms with E-state index in [9.17, 15) is 0 Å². The molecule has 1 fully saturated rings. The number of fused-ring (bicyclic) bond motifs is 6. The highest BCUT2D eigenvalue weighted by Gasteiger charge is 2.35. The van der Waals surface area contributed by atoms with E-state index >= 15 is 0 Å². The van der Waals surface area contributed by atoms with Crippen LogP contribution in [0.1, 0.15) is 24.6 Å². The van der Waals surface area contributed by atoms with Gasteiger partial charge < -0.3 is 4.74 Å². The summed E-state index contributed by atoms with van der Waals surface area (Å²) in [4.78, 5) is 4.33. The van der Waals surface area contributed by atoms with Gasteiger partial charge in [0.2, 0.25) is 0 Å². The summed E-state index contributed by atoms with van der Waals surface area (Å²) in [5.74, 6) is 1.08. The van der Waals surface area contributed by atoms with Gasteiger partial charge in [-0.05, 0) is 30.9 Å². The number of nitrogens with zero attached hydrogens (tertiary/aromatic N) is 8. The van der Waals surface area contributed by atoms with Gasteiger partial charge in [0, 0.05) is 12.5 Å². The molecule has 0 radical (unpaired) electrons. The molecular weight excluding hydrogens is 344 g/mol. The smallest absolute Gasteiger partial charge is 0.259 e. The first kappa shape index (κ1) is 14.8. The fraction of sp³-hybridized carbons (Fsp3) is 0.278. The van der Waals surface area contributed by atoms with E-state index in [2.05, 4.69) is 25.5 Å². The fourth-order valence-corrected chi connectivity index (χ4v) is 3.86. The molecule has 1 aliphatic carbocycles. The summed E-state index contributed by atoms with van der Waals surface area (Å²) >= 11 is 0. The summed E-state index contributed by atoms with van der Waals surface area (Å²) in [6.45, 7) is 0. The summed E-state index contributed by atoms with van der Waals surface area (Å²) in [5, 5.41) is 18.3. The van der Waals surface area contributed by atoms with Crippen LogP contribution in [0.5, 0.6) is 0 Å². The Morgan fingerprint density at radius 3 is 2.89 bits per heavy atom. The van der Waals surface area contributed by atoms with Crippen LogP contribution in [0.15, 0.2) is 43.0 Å². The molecule has 4 heterocycles. The van der Waals surface area contributed by atoms with Gasteiger partial charge >= 0.3 is 0 Å². The fourth-order valence-electron chi connectivity index (χ4n) is 3.86. The van der Waals surface area contributed by atoms with Crippen LogP contribution < -0.4 is 0 Å². The number of hydrogen-bond donors (Lipinski definition) is 0. The second-order valence-electron chi connectivity index (χ2n) is 6.86. The lowest BCUT2D eigenvalue weighted by molar-refractivity contribution is 0.0788. The van der Waals surface area contributed by atoms with Crippen LogP contribution >= 0.6 is 0 Å². The van der Waals surface area contributed by atoms with Crippen LogP contribution in [0.2, 0.25) is 0 Å². The molecule has 27 heavy (non-hydrogen) atoms. The van der Waals surface area contributed by atoms with Crippen molar-refractivity contribution >= 4 is 22.2 Å². The van der Waals surface area contributed by atoms with Crippen LogP contribution in [0.3, 0.4) is 0 Å². The van der Waals surface area contributed by atoms with Crippen molar-refractivity contribution in [3.8, 4) is 5.95 Å². The normalized spacial score (nSPS) is 15.9. The van der Waals surface area contributed by atoms with Gasteiger partial charge in [0.15, 0.2) is 5.65 Å². The number of aromatic nitrogens is 8. The molecule has 1 aliphatic rings. The molecule has 0 N–H and O–H groups in total. The minimum absolute atomic E-state index is 0.0475. The minimum Gasteiger partial charge on any atom is -0.375 e. The predicted octanol–water partition coefficient (Wildman–Crippen LogP) is 2.21. The monoisotopic (exact) mass is 360 g/mol. The Bertz CT molecular complexity index is 1290. The van der Waals surface area contributed by atoms with E-state index in [1.165, 1.54) is 0 Å². The Morgan fingerprint density at radius 1 is 1.15 bits per heavy atom. The zero-order valence-electron chi connectivity index (χ0n) is 14.6. The Balaban J connectivity index is 1.68. The van der Waals surface area contributed by atoms with Crippen molar-refractivity contribution in [3.05, 3.63) is 48.7 Å². The molecule has 1 atom stereocenters. The predicted molar refractivity (Wildman–Crippen MR) is 96.6 cm³/mol. The largest absolute Gasteiger partial charge is 0.375 e. The Labute approximate surface area is 153 Å². The molecule has 134 valence electrons. The third kappa shape index (κ3) is 2.00.